The van der Waals surface area contributed by atoms with Crippen LogP contribution in [-0.4, -0.2) is 25.4 Å². The van der Waals surface area contributed by atoms with Gasteiger partial charge < -0.3 is 5.73 Å². The maximum atomic E-state index is 12.2. The van der Waals surface area contributed by atoms with Crippen LogP contribution in [0.25, 0.3) is 0 Å². The summed E-state index contributed by atoms with van der Waals surface area (Å²) in [5.41, 5.74) is 5.35. The first kappa shape index (κ1) is 17.5. The summed E-state index contributed by atoms with van der Waals surface area (Å²) in [6, 6.07) is 5.45. The molecule has 118 valence electrons. The van der Waals surface area contributed by atoms with Crippen LogP contribution in [0.2, 0.25) is 0 Å². The molecule has 1 aromatic rings. The highest BCUT2D eigenvalue weighted by atomic mass is 32.2. The fraction of sp³-hybridized carbons (Fsp3) is 0.538. The third-order valence-corrected chi connectivity index (χ3v) is 5.08. The molecule has 0 aliphatic rings. The lowest BCUT2D eigenvalue weighted by molar-refractivity contribution is -0.384. The molecular weight excluding hydrogens is 294 g/mol. The van der Waals surface area contributed by atoms with Crippen molar-refractivity contribution in [2.75, 3.05) is 6.54 Å². The summed E-state index contributed by atoms with van der Waals surface area (Å²) in [7, 11) is -3.58. The fourth-order valence-electron chi connectivity index (χ4n) is 1.72. The van der Waals surface area contributed by atoms with Crippen molar-refractivity contribution in [2.45, 2.75) is 32.1 Å². The minimum atomic E-state index is -3.58. The van der Waals surface area contributed by atoms with E-state index in [-0.39, 0.29) is 23.9 Å². The third-order valence-electron chi connectivity index (χ3n) is 3.59. The van der Waals surface area contributed by atoms with Gasteiger partial charge in [0.1, 0.15) is 0 Å². The van der Waals surface area contributed by atoms with E-state index in [9.17, 15) is 18.5 Å². The molecule has 8 heteroatoms. The highest BCUT2D eigenvalue weighted by Crippen LogP contribution is 2.18. The van der Waals surface area contributed by atoms with Crippen LogP contribution in [0.15, 0.2) is 24.3 Å². The topological polar surface area (TPSA) is 115 Å². The lowest BCUT2D eigenvalue weighted by atomic mass is 9.90. The zero-order valence-corrected chi connectivity index (χ0v) is 13.2. The quantitative estimate of drug-likeness (QED) is 0.582. The third kappa shape index (κ3) is 4.76. The Kier molecular flexibility index (Phi) is 5.43. The first-order valence-electron chi connectivity index (χ1n) is 6.54. The molecule has 0 bridgehead atoms. The van der Waals surface area contributed by atoms with E-state index >= 15 is 0 Å². The van der Waals surface area contributed by atoms with Crippen LogP contribution in [0.4, 0.5) is 5.69 Å². The van der Waals surface area contributed by atoms with Gasteiger partial charge in [-0.05, 0) is 18.4 Å². The van der Waals surface area contributed by atoms with Gasteiger partial charge in [-0.25, -0.2) is 13.1 Å². The van der Waals surface area contributed by atoms with Crippen LogP contribution in [0.1, 0.15) is 26.3 Å². The molecule has 0 aromatic heterocycles. The average Bonchev–Trinajstić information content (AvgIpc) is 2.37. The number of nitro benzene ring substituents is 1. The molecule has 0 fully saturated rings. The molecule has 1 aromatic carbocycles. The van der Waals surface area contributed by atoms with E-state index in [0.717, 1.165) is 0 Å². The second-order valence-electron chi connectivity index (χ2n) is 5.56. The van der Waals surface area contributed by atoms with E-state index < -0.39 is 20.5 Å². The van der Waals surface area contributed by atoms with Gasteiger partial charge in [0.15, 0.2) is 0 Å². The Morgan fingerprint density at radius 3 is 2.24 bits per heavy atom. The van der Waals surface area contributed by atoms with Gasteiger partial charge >= 0.3 is 0 Å². The van der Waals surface area contributed by atoms with Crippen LogP contribution < -0.4 is 10.5 Å². The van der Waals surface area contributed by atoms with Gasteiger partial charge in [0, 0.05) is 24.2 Å². The van der Waals surface area contributed by atoms with Crippen LogP contribution in [-0.2, 0) is 15.8 Å². The van der Waals surface area contributed by atoms with Gasteiger partial charge in [0.05, 0.1) is 10.7 Å². The SMILES string of the molecule is CC(C)C(C)(CN)NS(=O)(=O)Cc1ccc([N+](=O)[O-])cc1. The first-order valence-corrected chi connectivity index (χ1v) is 8.20. The smallest absolute Gasteiger partial charge is 0.269 e. The molecule has 0 amide bonds. The second kappa shape index (κ2) is 6.50. The van der Waals surface area contributed by atoms with E-state index in [4.69, 9.17) is 5.73 Å². The van der Waals surface area contributed by atoms with Crippen LogP contribution >= 0.6 is 0 Å². The Bertz CT molecular complexity index is 598. The molecule has 1 unspecified atom stereocenters. The summed E-state index contributed by atoms with van der Waals surface area (Å²) in [4.78, 5) is 10.0. The lowest BCUT2D eigenvalue weighted by Gasteiger charge is -2.33. The maximum Gasteiger partial charge on any atom is 0.269 e. The fourth-order valence-corrected chi connectivity index (χ4v) is 3.45. The van der Waals surface area contributed by atoms with Gasteiger partial charge in [-0.3, -0.25) is 10.1 Å². The maximum absolute atomic E-state index is 12.2. The summed E-state index contributed by atoms with van der Waals surface area (Å²) in [6.45, 7) is 5.72. The Morgan fingerprint density at radius 2 is 1.86 bits per heavy atom. The van der Waals surface area contributed by atoms with Crippen LogP contribution in [0.5, 0.6) is 0 Å². The molecule has 0 radical (unpaired) electrons. The molecule has 21 heavy (non-hydrogen) atoms. The molecule has 0 spiro atoms. The Balaban J connectivity index is 2.88. The number of rotatable bonds is 7. The van der Waals surface area contributed by atoms with Crippen molar-refractivity contribution in [3.05, 3.63) is 39.9 Å². The highest BCUT2D eigenvalue weighted by Gasteiger charge is 2.31. The standard InChI is InChI=1S/C13H21N3O4S/c1-10(2)13(3,9-14)15-21(19,20)8-11-4-6-12(7-5-11)16(17)18/h4-7,10,15H,8-9,14H2,1-3H3. The number of hydrogen-bond acceptors (Lipinski definition) is 5. The summed E-state index contributed by atoms with van der Waals surface area (Å²) in [5.74, 6) is -0.207. The minimum absolute atomic E-state index is 0.0362. The minimum Gasteiger partial charge on any atom is -0.329 e. The zero-order valence-electron chi connectivity index (χ0n) is 12.4. The molecule has 0 saturated carbocycles. The molecule has 1 atom stereocenters. The number of benzene rings is 1. The predicted octanol–water partition coefficient (Wildman–Crippen LogP) is 1.39. The van der Waals surface area contributed by atoms with E-state index in [0.29, 0.717) is 5.56 Å². The highest BCUT2D eigenvalue weighted by molar-refractivity contribution is 7.88. The van der Waals surface area contributed by atoms with Crippen molar-refractivity contribution < 1.29 is 13.3 Å². The lowest BCUT2D eigenvalue weighted by Crippen LogP contribution is -2.55. The molecule has 0 aliphatic heterocycles. The summed E-state index contributed by atoms with van der Waals surface area (Å²) >= 11 is 0. The molecular formula is C13H21N3O4S. The normalized spacial score (nSPS) is 14.9. The van der Waals surface area contributed by atoms with Gasteiger partial charge in [0.2, 0.25) is 10.0 Å². The van der Waals surface area contributed by atoms with Crippen LogP contribution in [0, 0.1) is 16.0 Å². The molecule has 0 heterocycles. The molecule has 3 N–H and O–H groups in total. The predicted molar refractivity (Wildman–Crippen MR) is 81.2 cm³/mol. The Morgan fingerprint density at radius 1 is 1.33 bits per heavy atom. The number of hydrogen-bond donors (Lipinski definition) is 2. The summed E-state index contributed by atoms with van der Waals surface area (Å²) in [5, 5.41) is 10.6. The summed E-state index contributed by atoms with van der Waals surface area (Å²) < 4.78 is 27.0. The molecule has 1 rings (SSSR count). The first-order chi connectivity index (χ1) is 9.59. The van der Waals surface area contributed by atoms with E-state index in [1.807, 2.05) is 13.8 Å². The molecule has 0 saturated heterocycles. The monoisotopic (exact) mass is 315 g/mol. The Hall–Kier alpha value is -1.51. The van der Waals surface area contributed by atoms with Gasteiger partial charge in [-0.2, -0.15) is 0 Å². The van der Waals surface area contributed by atoms with Crippen molar-refractivity contribution in [1.82, 2.24) is 4.72 Å². The second-order valence-corrected chi connectivity index (χ2v) is 7.28. The molecule has 7 nitrogen and oxygen atoms in total. The van der Waals surface area contributed by atoms with Crippen molar-refractivity contribution in [1.29, 1.82) is 0 Å². The van der Waals surface area contributed by atoms with Crippen molar-refractivity contribution in [2.24, 2.45) is 11.7 Å². The Labute approximate surface area is 124 Å². The van der Waals surface area contributed by atoms with Crippen molar-refractivity contribution >= 4 is 15.7 Å². The van der Waals surface area contributed by atoms with Gasteiger partial charge in [-0.15, -0.1) is 0 Å². The largest absolute Gasteiger partial charge is 0.329 e. The summed E-state index contributed by atoms with van der Waals surface area (Å²) in [6.07, 6.45) is 0. The van der Waals surface area contributed by atoms with E-state index in [1.165, 1.54) is 24.3 Å². The van der Waals surface area contributed by atoms with Gasteiger partial charge in [-0.1, -0.05) is 26.0 Å². The number of sulfonamides is 1. The number of nitrogens with zero attached hydrogens (tertiary/aromatic N) is 1. The van der Waals surface area contributed by atoms with Crippen LogP contribution in [0.3, 0.4) is 0 Å². The number of non-ortho nitro benzene ring substituents is 1. The number of nitrogens with one attached hydrogen (secondary N) is 1. The average molecular weight is 315 g/mol. The van der Waals surface area contributed by atoms with E-state index in [1.54, 1.807) is 6.92 Å². The van der Waals surface area contributed by atoms with Crippen molar-refractivity contribution in [3.8, 4) is 0 Å². The number of nitro groups is 1. The molecule has 0 aliphatic carbocycles. The zero-order chi connectivity index (χ0) is 16.3. The van der Waals surface area contributed by atoms with Crippen molar-refractivity contribution in [3.63, 3.8) is 0 Å². The number of nitrogens with two attached hydrogens (primary N) is 1. The van der Waals surface area contributed by atoms with E-state index in [2.05, 4.69) is 4.72 Å². The van der Waals surface area contributed by atoms with Gasteiger partial charge in [0.25, 0.3) is 5.69 Å².